The van der Waals surface area contributed by atoms with Crippen LogP contribution in [0, 0.1) is 6.92 Å². The minimum absolute atomic E-state index is 0.0351. The fourth-order valence-corrected chi connectivity index (χ4v) is 2.72. The minimum Gasteiger partial charge on any atom is -0.496 e. The Morgan fingerprint density at radius 1 is 1.23 bits per heavy atom. The van der Waals surface area contributed by atoms with Crippen molar-refractivity contribution in [2.45, 2.75) is 20.3 Å². The summed E-state index contributed by atoms with van der Waals surface area (Å²) in [7, 11) is -1.30. The molecule has 0 saturated carbocycles. The first-order chi connectivity index (χ1) is 12.4. The maximum absolute atomic E-state index is 11.0. The predicted octanol–water partition coefficient (Wildman–Crippen LogP) is 1.16. The quantitative estimate of drug-likeness (QED) is 0.338. The second-order valence-electron chi connectivity index (χ2n) is 5.99. The Balaban J connectivity index is 2.41. The van der Waals surface area contributed by atoms with E-state index in [0.29, 0.717) is 19.1 Å². The number of ether oxygens (including phenoxy) is 2. The molecule has 0 bridgehead atoms. The van der Waals surface area contributed by atoms with Crippen LogP contribution in [0.1, 0.15) is 18.1 Å². The summed E-state index contributed by atoms with van der Waals surface area (Å²) >= 11 is 0. The van der Waals surface area contributed by atoms with Gasteiger partial charge in [-0.05, 0) is 31.9 Å². The molecule has 0 aliphatic heterocycles. The number of aryl methyl sites for hydroxylation is 1. The van der Waals surface area contributed by atoms with Gasteiger partial charge in [0.05, 0.1) is 32.6 Å². The predicted molar refractivity (Wildman–Crippen MR) is 106 cm³/mol. The second kappa shape index (κ2) is 11.7. The SMILES string of the molecule is CCNC(=NCCOCCS(C)(=O)=O)NCCc1cc(C)ccc1OC. The maximum atomic E-state index is 11.0. The molecule has 2 N–H and O–H groups in total. The van der Waals surface area contributed by atoms with E-state index in [1.54, 1.807) is 7.11 Å². The number of guanidine groups is 1. The second-order valence-corrected chi connectivity index (χ2v) is 8.25. The summed E-state index contributed by atoms with van der Waals surface area (Å²) in [6.45, 7) is 6.60. The highest BCUT2D eigenvalue weighted by atomic mass is 32.2. The van der Waals surface area contributed by atoms with Crippen molar-refractivity contribution in [1.82, 2.24) is 10.6 Å². The average Bonchev–Trinajstić information content (AvgIpc) is 2.57. The molecule has 1 aromatic carbocycles. The van der Waals surface area contributed by atoms with Gasteiger partial charge in [-0.15, -0.1) is 0 Å². The summed E-state index contributed by atoms with van der Waals surface area (Å²) in [6.07, 6.45) is 2.02. The average molecular weight is 386 g/mol. The third-order valence-corrected chi connectivity index (χ3v) is 4.48. The molecule has 0 fully saturated rings. The zero-order valence-electron chi connectivity index (χ0n) is 16.2. The third kappa shape index (κ3) is 9.62. The van der Waals surface area contributed by atoms with Gasteiger partial charge in [-0.2, -0.15) is 0 Å². The summed E-state index contributed by atoms with van der Waals surface area (Å²) in [5, 5.41) is 6.47. The molecule has 7 nitrogen and oxygen atoms in total. The lowest BCUT2D eigenvalue weighted by Crippen LogP contribution is -2.38. The highest BCUT2D eigenvalue weighted by molar-refractivity contribution is 7.90. The minimum atomic E-state index is -2.98. The highest BCUT2D eigenvalue weighted by Crippen LogP contribution is 2.19. The number of nitrogens with zero attached hydrogens (tertiary/aromatic N) is 1. The Morgan fingerprint density at radius 3 is 2.65 bits per heavy atom. The first-order valence-electron chi connectivity index (χ1n) is 8.77. The van der Waals surface area contributed by atoms with Crippen molar-refractivity contribution in [1.29, 1.82) is 0 Å². The Bertz CT molecular complexity index is 675. The van der Waals surface area contributed by atoms with Crippen molar-refractivity contribution in [2.24, 2.45) is 4.99 Å². The molecule has 1 aromatic rings. The zero-order valence-corrected chi connectivity index (χ0v) is 17.0. The smallest absolute Gasteiger partial charge is 0.191 e. The van der Waals surface area contributed by atoms with Crippen LogP contribution >= 0.6 is 0 Å². The van der Waals surface area contributed by atoms with Crippen molar-refractivity contribution >= 4 is 15.8 Å². The van der Waals surface area contributed by atoms with Gasteiger partial charge in [0, 0.05) is 19.3 Å². The molecule has 148 valence electrons. The summed E-state index contributed by atoms with van der Waals surface area (Å²) in [4.78, 5) is 4.43. The molecular formula is C18H31N3O4S. The first-order valence-corrected chi connectivity index (χ1v) is 10.8. The van der Waals surface area contributed by atoms with Gasteiger partial charge in [0.15, 0.2) is 5.96 Å². The summed E-state index contributed by atoms with van der Waals surface area (Å²) in [5.41, 5.74) is 2.35. The van der Waals surface area contributed by atoms with Crippen LogP contribution in [0.2, 0.25) is 0 Å². The van der Waals surface area contributed by atoms with E-state index in [1.807, 2.05) is 19.1 Å². The van der Waals surface area contributed by atoms with Crippen LogP contribution in [0.3, 0.4) is 0 Å². The lowest BCUT2D eigenvalue weighted by atomic mass is 10.1. The van der Waals surface area contributed by atoms with E-state index in [9.17, 15) is 8.42 Å². The number of nitrogens with one attached hydrogen (secondary N) is 2. The van der Waals surface area contributed by atoms with E-state index in [2.05, 4.69) is 28.6 Å². The molecule has 0 heterocycles. The Morgan fingerprint density at radius 2 is 2.00 bits per heavy atom. The van der Waals surface area contributed by atoms with Crippen LogP contribution in [-0.2, 0) is 21.0 Å². The molecular weight excluding hydrogens is 354 g/mol. The first kappa shape index (κ1) is 22.2. The summed E-state index contributed by atoms with van der Waals surface area (Å²) in [5.74, 6) is 1.64. The number of aliphatic imine (C=N–C) groups is 1. The zero-order chi connectivity index (χ0) is 19.4. The fraction of sp³-hybridized carbons (Fsp3) is 0.611. The molecule has 0 unspecified atom stereocenters. The molecule has 1 rings (SSSR count). The maximum Gasteiger partial charge on any atom is 0.191 e. The molecule has 0 spiro atoms. The van der Waals surface area contributed by atoms with Gasteiger partial charge < -0.3 is 20.1 Å². The van der Waals surface area contributed by atoms with Crippen molar-refractivity contribution < 1.29 is 17.9 Å². The van der Waals surface area contributed by atoms with Gasteiger partial charge in [-0.3, -0.25) is 4.99 Å². The molecule has 0 amide bonds. The van der Waals surface area contributed by atoms with E-state index >= 15 is 0 Å². The summed E-state index contributed by atoms with van der Waals surface area (Å²) in [6, 6.07) is 6.14. The van der Waals surface area contributed by atoms with Crippen molar-refractivity contribution in [3.8, 4) is 5.75 Å². The van der Waals surface area contributed by atoms with Crippen molar-refractivity contribution in [2.75, 3.05) is 52.0 Å². The largest absolute Gasteiger partial charge is 0.496 e. The molecule has 0 aliphatic carbocycles. The van der Waals surface area contributed by atoms with E-state index in [4.69, 9.17) is 9.47 Å². The Hall–Kier alpha value is -1.80. The van der Waals surface area contributed by atoms with Crippen LogP contribution < -0.4 is 15.4 Å². The van der Waals surface area contributed by atoms with Crippen LogP contribution in [0.4, 0.5) is 0 Å². The molecule has 0 aromatic heterocycles. The fourth-order valence-electron chi connectivity index (χ4n) is 2.29. The van der Waals surface area contributed by atoms with E-state index in [0.717, 1.165) is 30.8 Å². The lowest BCUT2D eigenvalue weighted by molar-refractivity contribution is 0.157. The van der Waals surface area contributed by atoms with Crippen molar-refractivity contribution in [3.63, 3.8) is 0 Å². The number of methoxy groups -OCH3 is 1. The number of rotatable bonds is 11. The molecule has 0 saturated heterocycles. The third-order valence-electron chi connectivity index (χ3n) is 3.57. The standard InChI is InChI=1S/C18H31N3O4S/c1-5-19-18(21-10-11-25-12-13-26(4,22)23)20-9-8-16-14-15(2)6-7-17(16)24-3/h6-7,14H,5,8-13H2,1-4H3,(H2,19,20,21). The normalized spacial score (nSPS) is 12.1. The van der Waals surface area contributed by atoms with Crippen LogP contribution in [-0.4, -0.2) is 66.3 Å². The molecule has 0 radical (unpaired) electrons. The van der Waals surface area contributed by atoms with Crippen LogP contribution in [0.5, 0.6) is 5.75 Å². The van der Waals surface area contributed by atoms with Gasteiger partial charge in [-0.25, -0.2) is 8.42 Å². The van der Waals surface area contributed by atoms with Gasteiger partial charge in [0.1, 0.15) is 15.6 Å². The van der Waals surface area contributed by atoms with E-state index < -0.39 is 9.84 Å². The van der Waals surface area contributed by atoms with E-state index in [-0.39, 0.29) is 12.4 Å². The topological polar surface area (TPSA) is 89.0 Å². The number of benzene rings is 1. The van der Waals surface area contributed by atoms with Crippen LogP contribution in [0.25, 0.3) is 0 Å². The number of sulfone groups is 1. The van der Waals surface area contributed by atoms with E-state index in [1.165, 1.54) is 11.8 Å². The highest BCUT2D eigenvalue weighted by Gasteiger charge is 2.04. The lowest BCUT2D eigenvalue weighted by Gasteiger charge is -2.13. The van der Waals surface area contributed by atoms with Gasteiger partial charge >= 0.3 is 0 Å². The Labute approximate surface area is 157 Å². The van der Waals surface area contributed by atoms with Crippen molar-refractivity contribution in [3.05, 3.63) is 29.3 Å². The molecule has 26 heavy (non-hydrogen) atoms. The Kier molecular flexibility index (Phi) is 10.0. The molecule has 8 heteroatoms. The number of hydrogen-bond acceptors (Lipinski definition) is 5. The summed E-state index contributed by atoms with van der Waals surface area (Å²) < 4.78 is 32.7. The van der Waals surface area contributed by atoms with Crippen LogP contribution in [0.15, 0.2) is 23.2 Å². The molecule has 0 aliphatic rings. The number of hydrogen-bond donors (Lipinski definition) is 2. The van der Waals surface area contributed by atoms with Gasteiger partial charge in [-0.1, -0.05) is 17.7 Å². The van der Waals surface area contributed by atoms with Gasteiger partial charge in [0.25, 0.3) is 0 Å². The monoisotopic (exact) mass is 385 g/mol. The molecule has 0 atom stereocenters. The van der Waals surface area contributed by atoms with Gasteiger partial charge in [0.2, 0.25) is 0 Å².